The van der Waals surface area contributed by atoms with Crippen molar-refractivity contribution in [2.24, 2.45) is 0 Å². The van der Waals surface area contributed by atoms with Gasteiger partial charge in [-0.1, -0.05) is 19.3 Å². The molecule has 0 radical (unpaired) electrons. The molecule has 0 unspecified atom stereocenters. The van der Waals surface area contributed by atoms with Crippen LogP contribution in [0.2, 0.25) is 0 Å². The molecule has 1 aliphatic carbocycles. The number of nitrogens with zero attached hydrogens (tertiary/aromatic N) is 3. The minimum atomic E-state index is -0.0666. The highest BCUT2D eigenvalue weighted by molar-refractivity contribution is 5.27. The van der Waals surface area contributed by atoms with Gasteiger partial charge in [0.25, 0.3) is 11.3 Å². The number of H-pyrrole nitrogens is 1. The van der Waals surface area contributed by atoms with Crippen LogP contribution in [0.25, 0.3) is 5.78 Å². The van der Waals surface area contributed by atoms with Crippen LogP contribution in [0.1, 0.15) is 43.7 Å². The van der Waals surface area contributed by atoms with Crippen LogP contribution >= 0.6 is 0 Å². The summed E-state index contributed by atoms with van der Waals surface area (Å²) in [5, 5.41) is 2.75. The molecule has 0 saturated heterocycles. The molecule has 0 atom stereocenters. The van der Waals surface area contributed by atoms with Gasteiger partial charge in [-0.15, -0.1) is 0 Å². The van der Waals surface area contributed by atoms with Gasteiger partial charge in [0, 0.05) is 12.0 Å². The molecule has 5 nitrogen and oxygen atoms in total. The van der Waals surface area contributed by atoms with Gasteiger partial charge in [0.2, 0.25) is 0 Å². The van der Waals surface area contributed by atoms with Crippen molar-refractivity contribution in [2.75, 3.05) is 0 Å². The fraction of sp³-hybridized carbons (Fsp3) is 0.545. The van der Waals surface area contributed by atoms with E-state index in [4.69, 9.17) is 0 Å². The highest BCUT2D eigenvalue weighted by Crippen LogP contribution is 2.30. The van der Waals surface area contributed by atoms with Crippen molar-refractivity contribution in [3.63, 3.8) is 0 Å². The molecule has 1 N–H and O–H groups in total. The molecular weight excluding hydrogens is 204 g/mol. The van der Waals surface area contributed by atoms with E-state index >= 15 is 0 Å². The Bertz CT molecular complexity index is 550. The third kappa shape index (κ3) is 1.52. The molecule has 5 heteroatoms. The molecule has 16 heavy (non-hydrogen) atoms. The van der Waals surface area contributed by atoms with E-state index < -0.39 is 0 Å². The van der Waals surface area contributed by atoms with Crippen LogP contribution in [0.15, 0.2) is 17.2 Å². The molecule has 3 rings (SSSR count). The highest BCUT2D eigenvalue weighted by atomic mass is 16.1. The zero-order valence-electron chi connectivity index (χ0n) is 9.02. The number of hydrogen-bond donors (Lipinski definition) is 1. The molecule has 0 aromatic carbocycles. The normalized spacial score (nSPS) is 18.0. The fourth-order valence-corrected chi connectivity index (χ4v) is 2.45. The van der Waals surface area contributed by atoms with Gasteiger partial charge in [-0.3, -0.25) is 9.89 Å². The summed E-state index contributed by atoms with van der Waals surface area (Å²) in [6, 6.07) is 1.64. The van der Waals surface area contributed by atoms with Crippen molar-refractivity contribution in [3.8, 4) is 0 Å². The summed E-state index contributed by atoms with van der Waals surface area (Å²) in [6.07, 6.45) is 7.58. The Morgan fingerprint density at radius 3 is 2.94 bits per heavy atom. The van der Waals surface area contributed by atoms with E-state index in [0.717, 1.165) is 18.5 Å². The van der Waals surface area contributed by atoms with Crippen molar-refractivity contribution in [1.29, 1.82) is 0 Å². The lowest BCUT2D eigenvalue weighted by molar-refractivity contribution is 0.436. The zero-order valence-corrected chi connectivity index (χ0v) is 9.02. The van der Waals surface area contributed by atoms with Crippen molar-refractivity contribution in [2.45, 2.75) is 38.0 Å². The van der Waals surface area contributed by atoms with Gasteiger partial charge in [-0.05, 0) is 12.8 Å². The Morgan fingerprint density at radius 1 is 1.31 bits per heavy atom. The van der Waals surface area contributed by atoms with E-state index in [1.807, 2.05) is 0 Å². The largest absolute Gasteiger partial charge is 0.278 e. The first kappa shape index (κ1) is 9.57. The van der Waals surface area contributed by atoms with Gasteiger partial charge in [-0.2, -0.15) is 4.52 Å². The minimum Gasteiger partial charge on any atom is -0.278 e. The van der Waals surface area contributed by atoms with Gasteiger partial charge in [0.1, 0.15) is 6.33 Å². The average molecular weight is 218 g/mol. The highest BCUT2D eigenvalue weighted by Gasteiger charge is 2.18. The SMILES string of the molecule is O=c1cc(C2CCCCC2)nc2nc[nH]n12. The second-order valence-corrected chi connectivity index (χ2v) is 4.38. The van der Waals surface area contributed by atoms with E-state index in [1.54, 1.807) is 6.07 Å². The number of aromatic amines is 1. The first-order valence-electron chi connectivity index (χ1n) is 5.78. The molecule has 0 amide bonds. The Hall–Kier alpha value is -1.65. The van der Waals surface area contributed by atoms with Crippen LogP contribution in [0.5, 0.6) is 0 Å². The van der Waals surface area contributed by atoms with Gasteiger partial charge in [0.15, 0.2) is 0 Å². The summed E-state index contributed by atoms with van der Waals surface area (Å²) in [5.41, 5.74) is 0.847. The van der Waals surface area contributed by atoms with Crippen LogP contribution in [-0.4, -0.2) is 19.6 Å². The van der Waals surface area contributed by atoms with Gasteiger partial charge < -0.3 is 0 Å². The summed E-state index contributed by atoms with van der Waals surface area (Å²) >= 11 is 0. The smallest absolute Gasteiger partial charge is 0.274 e. The predicted octanol–water partition coefficient (Wildman–Crippen LogP) is 1.47. The molecule has 0 spiro atoms. The summed E-state index contributed by atoms with van der Waals surface area (Å²) in [6.45, 7) is 0. The number of fused-ring (bicyclic) bond motifs is 1. The van der Waals surface area contributed by atoms with Gasteiger partial charge in [-0.25, -0.2) is 9.97 Å². The second kappa shape index (κ2) is 3.73. The maximum atomic E-state index is 11.8. The standard InChI is InChI=1S/C11H14N4O/c16-10-6-9(8-4-2-1-3-5-8)14-11-12-7-13-15(10)11/h6-8H,1-5H2,(H,12,13,14). The van der Waals surface area contributed by atoms with Crippen molar-refractivity contribution < 1.29 is 0 Å². The van der Waals surface area contributed by atoms with E-state index in [1.165, 1.54) is 30.1 Å². The molecule has 1 aliphatic rings. The first-order chi connectivity index (χ1) is 7.84. The van der Waals surface area contributed by atoms with Crippen LogP contribution in [0, 0.1) is 0 Å². The molecule has 0 bridgehead atoms. The van der Waals surface area contributed by atoms with Crippen LogP contribution in [0.3, 0.4) is 0 Å². The number of nitrogens with one attached hydrogen (secondary N) is 1. The zero-order chi connectivity index (χ0) is 11.0. The first-order valence-corrected chi connectivity index (χ1v) is 5.78. The molecule has 1 saturated carbocycles. The van der Waals surface area contributed by atoms with Crippen molar-refractivity contribution in [1.82, 2.24) is 19.6 Å². The molecule has 2 heterocycles. The molecule has 1 fully saturated rings. The maximum Gasteiger partial charge on any atom is 0.274 e. The number of hydrogen-bond acceptors (Lipinski definition) is 3. The monoisotopic (exact) mass is 218 g/mol. The summed E-state index contributed by atoms with van der Waals surface area (Å²) in [4.78, 5) is 20.2. The van der Waals surface area contributed by atoms with Crippen LogP contribution in [0.4, 0.5) is 0 Å². The van der Waals surface area contributed by atoms with E-state index in [-0.39, 0.29) is 5.56 Å². The Balaban J connectivity index is 2.06. The van der Waals surface area contributed by atoms with Crippen LogP contribution in [-0.2, 0) is 0 Å². The second-order valence-electron chi connectivity index (χ2n) is 4.38. The molecular formula is C11H14N4O. The summed E-state index contributed by atoms with van der Waals surface area (Å²) in [5.74, 6) is 0.927. The van der Waals surface area contributed by atoms with Crippen LogP contribution < -0.4 is 5.56 Å². The van der Waals surface area contributed by atoms with Crippen molar-refractivity contribution in [3.05, 3.63) is 28.4 Å². The average Bonchev–Trinajstić information content (AvgIpc) is 2.79. The minimum absolute atomic E-state index is 0.0666. The molecule has 84 valence electrons. The third-order valence-corrected chi connectivity index (χ3v) is 3.31. The Morgan fingerprint density at radius 2 is 2.12 bits per heavy atom. The Labute approximate surface area is 92.5 Å². The van der Waals surface area contributed by atoms with Gasteiger partial charge >= 0.3 is 0 Å². The summed E-state index contributed by atoms with van der Waals surface area (Å²) < 4.78 is 1.37. The number of aromatic nitrogens is 4. The number of rotatable bonds is 1. The van der Waals surface area contributed by atoms with E-state index in [0.29, 0.717) is 11.7 Å². The fourth-order valence-electron chi connectivity index (χ4n) is 2.45. The lowest BCUT2D eigenvalue weighted by Crippen LogP contribution is -2.18. The maximum absolute atomic E-state index is 11.8. The van der Waals surface area contributed by atoms with Gasteiger partial charge in [0.05, 0.1) is 5.69 Å². The Kier molecular flexibility index (Phi) is 2.23. The topological polar surface area (TPSA) is 63.0 Å². The lowest BCUT2D eigenvalue weighted by atomic mass is 9.87. The molecule has 2 aromatic heterocycles. The predicted molar refractivity (Wildman–Crippen MR) is 59.4 cm³/mol. The third-order valence-electron chi connectivity index (χ3n) is 3.31. The summed E-state index contributed by atoms with van der Waals surface area (Å²) in [7, 11) is 0. The quantitative estimate of drug-likeness (QED) is 0.788. The molecule has 0 aliphatic heterocycles. The lowest BCUT2D eigenvalue weighted by Gasteiger charge is -2.20. The van der Waals surface area contributed by atoms with E-state index in [2.05, 4.69) is 15.1 Å². The van der Waals surface area contributed by atoms with E-state index in [9.17, 15) is 4.79 Å². The van der Waals surface area contributed by atoms with Crippen molar-refractivity contribution >= 4 is 5.78 Å². The molecule has 2 aromatic rings.